The SMILES string of the molecule is CCCC(=O)NNC(=O)COc1ccc([N+](=O)[O-])cc1. The molecule has 0 bridgehead atoms. The van der Waals surface area contributed by atoms with E-state index in [4.69, 9.17) is 4.74 Å². The first-order valence-corrected chi connectivity index (χ1v) is 5.98. The Kier molecular flexibility index (Phi) is 5.95. The van der Waals surface area contributed by atoms with E-state index in [9.17, 15) is 19.7 Å². The fraction of sp³-hybridized carbons (Fsp3) is 0.333. The van der Waals surface area contributed by atoms with Crippen molar-refractivity contribution in [2.75, 3.05) is 6.61 Å². The predicted molar refractivity (Wildman–Crippen MR) is 69.8 cm³/mol. The molecule has 2 amide bonds. The maximum atomic E-state index is 11.3. The van der Waals surface area contributed by atoms with Gasteiger partial charge < -0.3 is 4.74 Å². The lowest BCUT2D eigenvalue weighted by Gasteiger charge is -2.08. The van der Waals surface area contributed by atoms with Gasteiger partial charge in [0.05, 0.1) is 4.92 Å². The molecule has 1 aromatic rings. The summed E-state index contributed by atoms with van der Waals surface area (Å²) < 4.78 is 5.11. The average molecular weight is 281 g/mol. The maximum absolute atomic E-state index is 11.3. The molecule has 108 valence electrons. The lowest BCUT2D eigenvalue weighted by atomic mass is 10.3. The van der Waals surface area contributed by atoms with E-state index in [-0.39, 0.29) is 18.2 Å². The van der Waals surface area contributed by atoms with E-state index in [0.29, 0.717) is 18.6 Å². The van der Waals surface area contributed by atoms with Crippen molar-refractivity contribution in [2.24, 2.45) is 0 Å². The summed E-state index contributed by atoms with van der Waals surface area (Å²) in [6.45, 7) is 1.54. The number of nitrogens with zero attached hydrogens (tertiary/aromatic N) is 1. The van der Waals surface area contributed by atoms with Crippen molar-refractivity contribution in [2.45, 2.75) is 19.8 Å². The van der Waals surface area contributed by atoms with Gasteiger partial charge in [-0.05, 0) is 18.6 Å². The summed E-state index contributed by atoms with van der Waals surface area (Å²) in [4.78, 5) is 32.3. The zero-order valence-electron chi connectivity index (χ0n) is 10.9. The third-order valence-corrected chi connectivity index (χ3v) is 2.24. The van der Waals surface area contributed by atoms with Crippen LogP contribution >= 0.6 is 0 Å². The summed E-state index contributed by atoms with van der Waals surface area (Å²) in [6, 6.07) is 5.33. The van der Waals surface area contributed by atoms with Gasteiger partial charge in [0.25, 0.3) is 11.6 Å². The molecule has 0 heterocycles. The van der Waals surface area contributed by atoms with Gasteiger partial charge in [-0.15, -0.1) is 0 Å². The molecule has 8 nitrogen and oxygen atoms in total. The van der Waals surface area contributed by atoms with Gasteiger partial charge in [-0.3, -0.25) is 30.6 Å². The number of non-ortho nitro benzene ring substituents is 1. The minimum absolute atomic E-state index is 0.0615. The molecule has 0 aromatic heterocycles. The lowest BCUT2D eigenvalue weighted by Crippen LogP contribution is -2.43. The van der Waals surface area contributed by atoms with Crippen LogP contribution < -0.4 is 15.6 Å². The van der Waals surface area contributed by atoms with Crippen LogP contribution in [0.15, 0.2) is 24.3 Å². The molecule has 0 unspecified atom stereocenters. The molecule has 0 atom stereocenters. The Bertz CT molecular complexity index is 486. The first-order chi connectivity index (χ1) is 9.52. The van der Waals surface area contributed by atoms with Crippen LogP contribution in [0.3, 0.4) is 0 Å². The van der Waals surface area contributed by atoms with Crippen LogP contribution in [0.25, 0.3) is 0 Å². The smallest absolute Gasteiger partial charge is 0.276 e. The Labute approximate surface area is 115 Å². The van der Waals surface area contributed by atoms with Gasteiger partial charge in [0.15, 0.2) is 6.61 Å². The van der Waals surface area contributed by atoms with E-state index in [1.54, 1.807) is 0 Å². The van der Waals surface area contributed by atoms with E-state index in [2.05, 4.69) is 10.9 Å². The van der Waals surface area contributed by atoms with E-state index < -0.39 is 10.8 Å². The minimum Gasteiger partial charge on any atom is -0.484 e. The molecule has 0 aliphatic rings. The molecule has 0 saturated heterocycles. The van der Waals surface area contributed by atoms with Crippen LogP contribution in [0.2, 0.25) is 0 Å². The van der Waals surface area contributed by atoms with E-state index in [1.807, 2.05) is 6.92 Å². The van der Waals surface area contributed by atoms with Crippen LogP contribution in [0.1, 0.15) is 19.8 Å². The number of carbonyl (C=O) groups is 2. The molecule has 8 heteroatoms. The zero-order chi connectivity index (χ0) is 15.0. The third-order valence-electron chi connectivity index (χ3n) is 2.24. The Morgan fingerprint density at radius 2 is 1.80 bits per heavy atom. The molecule has 0 fully saturated rings. The normalized spacial score (nSPS) is 9.65. The Morgan fingerprint density at radius 3 is 2.35 bits per heavy atom. The maximum Gasteiger partial charge on any atom is 0.276 e. The topological polar surface area (TPSA) is 111 Å². The number of carbonyl (C=O) groups excluding carboxylic acids is 2. The molecule has 2 N–H and O–H groups in total. The molecular formula is C12H15N3O5. The number of nitro benzene ring substituents is 1. The second-order valence-electron chi connectivity index (χ2n) is 3.89. The third kappa shape index (κ3) is 5.34. The summed E-state index contributed by atoms with van der Waals surface area (Å²) in [7, 11) is 0. The first kappa shape index (κ1) is 15.4. The van der Waals surface area contributed by atoms with E-state index in [0.717, 1.165) is 0 Å². The number of rotatable bonds is 6. The van der Waals surface area contributed by atoms with Crippen LogP contribution in [-0.4, -0.2) is 23.3 Å². The number of amides is 2. The van der Waals surface area contributed by atoms with Gasteiger partial charge in [0.1, 0.15) is 5.75 Å². The second-order valence-corrected chi connectivity index (χ2v) is 3.89. The molecule has 0 spiro atoms. The highest BCUT2D eigenvalue weighted by Gasteiger charge is 2.07. The van der Waals surface area contributed by atoms with E-state index >= 15 is 0 Å². The van der Waals surface area contributed by atoms with E-state index in [1.165, 1.54) is 24.3 Å². The summed E-state index contributed by atoms with van der Waals surface area (Å²) in [5, 5.41) is 10.4. The van der Waals surface area contributed by atoms with Gasteiger partial charge >= 0.3 is 0 Å². The van der Waals surface area contributed by atoms with Crippen molar-refractivity contribution in [3.8, 4) is 5.75 Å². The van der Waals surface area contributed by atoms with Gasteiger partial charge in [-0.1, -0.05) is 6.92 Å². The Morgan fingerprint density at radius 1 is 1.20 bits per heavy atom. The highest BCUT2D eigenvalue weighted by Crippen LogP contribution is 2.16. The number of hydrazine groups is 1. The van der Waals surface area contributed by atoms with Gasteiger partial charge in [0.2, 0.25) is 5.91 Å². The number of nitrogens with one attached hydrogen (secondary N) is 2. The predicted octanol–water partition coefficient (Wildman–Crippen LogP) is 0.921. The highest BCUT2D eigenvalue weighted by molar-refractivity contribution is 5.82. The fourth-order valence-electron chi connectivity index (χ4n) is 1.28. The summed E-state index contributed by atoms with van der Waals surface area (Å²) in [5.41, 5.74) is 4.37. The monoisotopic (exact) mass is 281 g/mol. The molecule has 0 aliphatic carbocycles. The van der Waals surface area contributed by atoms with Crippen molar-refractivity contribution in [3.05, 3.63) is 34.4 Å². The van der Waals surface area contributed by atoms with Crippen molar-refractivity contribution in [3.63, 3.8) is 0 Å². The van der Waals surface area contributed by atoms with Crippen LogP contribution in [0.4, 0.5) is 5.69 Å². The number of ether oxygens (including phenoxy) is 1. The highest BCUT2D eigenvalue weighted by atomic mass is 16.6. The number of nitro groups is 1. The van der Waals surface area contributed by atoms with Crippen LogP contribution in [0, 0.1) is 10.1 Å². The van der Waals surface area contributed by atoms with Crippen molar-refractivity contribution >= 4 is 17.5 Å². The molecule has 0 radical (unpaired) electrons. The zero-order valence-corrected chi connectivity index (χ0v) is 10.9. The average Bonchev–Trinajstić information content (AvgIpc) is 2.43. The van der Waals surface area contributed by atoms with Crippen molar-refractivity contribution in [1.82, 2.24) is 10.9 Å². The largest absolute Gasteiger partial charge is 0.484 e. The van der Waals surface area contributed by atoms with Crippen LogP contribution in [-0.2, 0) is 9.59 Å². The van der Waals surface area contributed by atoms with Crippen molar-refractivity contribution in [1.29, 1.82) is 0 Å². The first-order valence-electron chi connectivity index (χ1n) is 5.98. The standard InChI is InChI=1S/C12H15N3O5/c1-2-3-11(16)13-14-12(17)8-20-10-6-4-9(5-7-10)15(18)19/h4-7H,2-3,8H2,1H3,(H,13,16)(H,14,17). The molecule has 0 aliphatic heterocycles. The Balaban J connectivity index is 2.33. The van der Waals surface area contributed by atoms with Gasteiger partial charge in [-0.25, -0.2) is 0 Å². The molecule has 20 heavy (non-hydrogen) atoms. The second kappa shape index (κ2) is 7.72. The summed E-state index contributed by atoms with van der Waals surface area (Å²) >= 11 is 0. The summed E-state index contributed by atoms with van der Waals surface area (Å²) in [5.74, 6) is -0.477. The quantitative estimate of drug-likeness (QED) is 0.595. The summed E-state index contributed by atoms with van der Waals surface area (Å²) in [6.07, 6.45) is 1.00. The Hall–Kier alpha value is -2.64. The molecular weight excluding hydrogens is 266 g/mol. The number of hydrogen-bond donors (Lipinski definition) is 2. The number of benzene rings is 1. The van der Waals surface area contributed by atoms with Crippen molar-refractivity contribution < 1.29 is 19.2 Å². The van der Waals surface area contributed by atoms with Gasteiger partial charge in [0, 0.05) is 18.6 Å². The fourth-order valence-corrected chi connectivity index (χ4v) is 1.28. The number of hydrogen-bond acceptors (Lipinski definition) is 5. The minimum atomic E-state index is -0.528. The molecule has 1 aromatic carbocycles. The molecule has 1 rings (SSSR count). The molecule has 0 saturated carbocycles. The van der Waals surface area contributed by atoms with Crippen LogP contribution in [0.5, 0.6) is 5.75 Å². The lowest BCUT2D eigenvalue weighted by molar-refractivity contribution is -0.384. The van der Waals surface area contributed by atoms with Gasteiger partial charge in [-0.2, -0.15) is 0 Å².